The molecule has 0 fully saturated rings. The molecule has 0 unspecified atom stereocenters. The number of amides is 3. The van der Waals surface area contributed by atoms with E-state index in [9.17, 15) is 14.4 Å². The zero-order valence-corrected chi connectivity index (χ0v) is 11.5. The van der Waals surface area contributed by atoms with E-state index in [1.807, 2.05) is 32.0 Å². The van der Waals surface area contributed by atoms with Gasteiger partial charge in [-0.05, 0) is 37.5 Å². The van der Waals surface area contributed by atoms with Crippen molar-refractivity contribution in [2.24, 2.45) is 0 Å². The van der Waals surface area contributed by atoms with Crippen LogP contribution >= 0.6 is 0 Å². The molecule has 0 saturated heterocycles. The maximum Gasteiger partial charge on any atom is 0.325 e. The molecule has 3 N–H and O–H groups in total. The highest BCUT2D eigenvalue weighted by Crippen LogP contribution is 2.15. The Morgan fingerprint density at radius 3 is 2.50 bits per heavy atom. The summed E-state index contributed by atoms with van der Waals surface area (Å²) in [4.78, 5) is 33.3. The minimum atomic E-state index is -0.961. The summed E-state index contributed by atoms with van der Waals surface area (Å²) in [6, 6.07) is 5.00. The second-order valence-electron chi connectivity index (χ2n) is 4.57. The lowest BCUT2D eigenvalue weighted by Gasteiger charge is -2.09. The van der Waals surface area contributed by atoms with Gasteiger partial charge in [-0.1, -0.05) is 12.1 Å². The van der Waals surface area contributed by atoms with Gasteiger partial charge in [0.15, 0.2) is 0 Å². The second kappa shape index (κ2) is 7.28. The molecular weight excluding hydrogens is 260 g/mol. The topological polar surface area (TPSA) is 95.5 Å². The molecule has 0 bridgehead atoms. The summed E-state index contributed by atoms with van der Waals surface area (Å²) in [6.45, 7) is 3.75. The Bertz CT molecular complexity index is 526. The Labute approximate surface area is 117 Å². The van der Waals surface area contributed by atoms with Crippen LogP contribution < -0.4 is 10.6 Å². The third-order valence-corrected chi connectivity index (χ3v) is 2.69. The molecule has 0 atom stereocenters. The summed E-state index contributed by atoms with van der Waals surface area (Å²) in [5, 5.41) is 13.2. The van der Waals surface area contributed by atoms with Crippen molar-refractivity contribution in [3.8, 4) is 0 Å². The Morgan fingerprint density at radius 2 is 1.85 bits per heavy atom. The van der Waals surface area contributed by atoms with Gasteiger partial charge in [0.25, 0.3) is 0 Å². The second-order valence-corrected chi connectivity index (χ2v) is 4.57. The van der Waals surface area contributed by atoms with Crippen LogP contribution in [0.3, 0.4) is 0 Å². The van der Waals surface area contributed by atoms with Crippen LogP contribution in [0.2, 0.25) is 0 Å². The first-order valence-electron chi connectivity index (χ1n) is 6.28. The summed E-state index contributed by atoms with van der Waals surface area (Å²) in [7, 11) is 0. The predicted octanol–water partition coefficient (Wildman–Crippen LogP) is 2.21. The Hall–Kier alpha value is -2.37. The molecule has 108 valence electrons. The minimum absolute atomic E-state index is 0.00647. The number of carboxylic acids is 1. The first-order chi connectivity index (χ1) is 9.38. The molecule has 0 saturated carbocycles. The molecule has 1 aromatic carbocycles. The number of anilines is 1. The number of carbonyl (C=O) groups excluding carboxylic acids is 2. The lowest BCUT2D eigenvalue weighted by atomic mass is 10.1. The fourth-order valence-electron chi connectivity index (χ4n) is 1.61. The van der Waals surface area contributed by atoms with Crippen molar-refractivity contribution in [3.63, 3.8) is 0 Å². The monoisotopic (exact) mass is 278 g/mol. The van der Waals surface area contributed by atoms with Gasteiger partial charge in [-0.25, -0.2) is 4.79 Å². The maximum atomic E-state index is 11.6. The number of hydrogen-bond donors (Lipinski definition) is 3. The molecule has 0 aliphatic rings. The third-order valence-electron chi connectivity index (χ3n) is 2.69. The van der Waals surface area contributed by atoms with Crippen LogP contribution in [0.1, 0.15) is 30.4 Å². The number of carbonyl (C=O) groups is 3. The number of urea groups is 1. The lowest BCUT2D eigenvalue weighted by molar-refractivity contribution is -0.137. The highest BCUT2D eigenvalue weighted by Gasteiger charge is 2.09. The average molecular weight is 278 g/mol. The number of aryl methyl sites for hydroxylation is 2. The molecule has 6 heteroatoms. The van der Waals surface area contributed by atoms with Crippen LogP contribution in [0, 0.1) is 13.8 Å². The molecule has 0 radical (unpaired) electrons. The van der Waals surface area contributed by atoms with Crippen LogP contribution in [0.15, 0.2) is 18.2 Å². The normalized spacial score (nSPS) is 9.90. The lowest BCUT2D eigenvalue weighted by Crippen LogP contribution is -2.34. The Kier molecular flexibility index (Phi) is 5.71. The number of benzene rings is 1. The molecule has 0 aromatic heterocycles. The van der Waals surface area contributed by atoms with Gasteiger partial charge < -0.3 is 10.4 Å². The molecular formula is C14H18N2O4. The van der Waals surface area contributed by atoms with Crippen molar-refractivity contribution < 1.29 is 19.5 Å². The van der Waals surface area contributed by atoms with Gasteiger partial charge >= 0.3 is 12.0 Å². The van der Waals surface area contributed by atoms with Crippen molar-refractivity contribution >= 4 is 23.6 Å². The van der Waals surface area contributed by atoms with E-state index in [0.29, 0.717) is 5.69 Å². The number of aliphatic carboxylic acids is 1. The van der Waals surface area contributed by atoms with E-state index in [1.165, 1.54) is 0 Å². The Balaban J connectivity index is 2.45. The fraction of sp³-hybridized carbons (Fsp3) is 0.357. The van der Waals surface area contributed by atoms with Crippen molar-refractivity contribution in [2.75, 3.05) is 5.32 Å². The SMILES string of the molecule is Cc1ccc(C)c(NC(=O)NC(=O)CCCC(=O)O)c1. The highest BCUT2D eigenvalue weighted by atomic mass is 16.4. The molecule has 0 aliphatic heterocycles. The number of hydrogen-bond acceptors (Lipinski definition) is 3. The van der Waals surface area contributed by atoms with Crippen LogP contribution in [0.25, 0.3) is 0 Å². The quantitative estimate of drug-likeness (QED) is 0.769. The average Bonchev–Trinajstić information content (AvgIpc) is 2.33. The van der Waals surface area contributed by atoms with Crippen LogP contribution in [-0.2, 0) is 9.59 Å². The molecule has 1 rings (SSSR count). The summed E-state index contributed by atoms with van der Waals surface area (Å²) >= 11 is 0. The van der Waals surface area contributed by atoms with Gasteiger partial charge in [0.1, 0.15) is 0 Å². The molecule has 0 heterocycles. The molecule has 0 aliphatic carbocycles. The van der Waals surface area contributed by atoms with Gasteiger partial charge in [0, 0.05) is 18.5 Å². The zero-order chi connectivity index (χ0) is 15.1. The summed E-state index contributed by atoms with van der Waals surface area (Å²) in [5.41, 5.74) is 2.53. The van der Waals surface area contributed by atoms with Crippen molar-refractivity contribution in [3.05, 3.63) is 29.3 Å². The van der Waals surface area contributed by atoms with E-state index in [0.717, 1.165) is 11.1 Å². The fourth-order valence-corrected chi connectivity index (χ4v) is 1.61. The van der Waals surface area contributed by atoms with E-state index in [2.05, 4.69) is 10.6 Å². The van der Waals surface area contributed by atoms with Gasteiger partial charge in [0.05, 0.1) is 0 Å². The zero-order valence-electron chi connectivity index (χ0n) is 11.5. The van der Waals surface area contributed by atoms with Gasteiger partial charge in [-0.2, -0.15) is 0 Å². The van der Waals surface area contributed by atoms with Crippen molar-refractivity contribution in [1.82, 2.24) is 5.32 Å². The maximum absolute atomic E-state index is 11.6. The highest BCUT2D eigenvalue weighted by molar-refractivity contribution is 6.01. The molecule has 0 spiro atoms. The van der Waals surface area contributed by atoms with Crippen molar-refractivity contribution in [1.29, 1.82) is 0 Å². The van der Waals surface area contributed by atoms with Crippen molar-refractivity contribution in [2.45, 2.75) is 33.1 Å². The van der Waals surface area contributed by atoms with Crippen LogP contribution in [-0.4, -0.2) is 23.0 Å². The van der Waals surface area contributed by atoms with Crippen LogP contribution in [0.4, 0.5) is 10.5 Å². The van der Waals surface area contributed by atoms with E-state index >= 15 is 0 Å². The van der Waals surface area contributed by atoms with Gasteiger partial charge in [0.2, 0.25) is 5.91 Å². The van der Waals surface area contributed by atoms with E-state index in [1.54, 1.807) is 0 Å². The van der Waals surface area contributed by atoms with Crippen LogP contribution in [0.5, 0.6) is 0 Å². The van der Waals surface area contributed by atoms with E-state index in [-0.39, 0.29) is 19.3 Å². The minimum Gasteiger partial charge on any atom is -0.481 e. The first kappa shape index (κ1) is 15.7. The first-order valence-corrected chi connectivity index (χ1v) is 6.28. The summed E-state index contributed by atoms with van der Waals surface area (Å²) in [6.07, 6.45) is 0.121. The number of nitrogens with one attached hydrogen (secondary N) is 2. The summed E-state index contributed by atoms with van der Waals surface area (Å²) in [5.74, 6) is -1.45. The number of carboxylic acid groups (broad SMARTS) is 1. The van der Waals surface area contributed by atoms with Gasteiger partial charge in [-0.15, -0.1) is 0 Å². The van der Waals surface area contributed by atoms with E-state index < -0.39 is 17.9 Å². The smallest absolute Gasteiger partial charge is 0.325 e. The molecule has 3 amide bonds. The molecule has 6 nitrogen and oxygen atoms in total. The number of imide groups is 1. The van der Waals surface area contributed by atoms with E-state index in [4.69, 9.17) is 5.11 Å². The molecule has 1 aromatic rings. The standard InChI is InChI=1S/C14H18N2O4/c1-9-6-7-10(2)11(8-9)15-14(20)16-12(17)4-3-5-13(18)19/h6-8H,3-5H2,1-2H3,(H,18,19)(H2,15,16,17,20). The summed E-state index contributed by atoms with van der Waals surface area (Å²) < 4.78 is 0. The largest absolute Gasteiger partial charge is 0.481 e. The van der Waals surface area contributed by atoms with Gasteiger partial charge in [-0.3, -0.25) is 14.9 Å². The molecule has 20 heavy (non-hydrogen) atoms. The third kappa shape index (κ3) is 5.51. The number of rotatable bonds is 5. The Morgan fingerprint density at radius 1 is 1.15 bits per heavy atom. The predicted molar refractivity (Wildman–Crippen MR) is 74.6 cm³/mol.